The van der Waals surface area contributed by atoms with Crippen molar-refractivity contribution in [3.05, 3.63) is 30.1 Å². The second kappa shape index (κ2) is 4.88. The van der Waals surface area contributed by atoms with Crippen LogP contribution in [0.25, 0.3) is 0 Å². The Morgan fingerprint density at radius 3 is 2.70 bits per heavy atom. The Hall–Kier alpha value is 0.144. The van der Waals surface area contributed by atoms with E-state index in [1.807, 2.05) is 0 Å². The summed E-state index contributed by atoms with van der Waals surface area (Å²) in [6.07, 6.45) is 3.21. The number of aromatic nitrogens is 1. The number of pyridine rings is 1. The van der Waals surface area contributed by atoms with E-state index in [-0.39, 0.29) is 32.7 Å². The predicted molar refractivity (Wildman–Crippen MR) is 39.0 cm³/mol. The molecule has 0 spiro atoms. The predicted octanol–water partition coefficient (Wildman–Crippen LogP) is 0.513. The van der Waals surface area contributed by atoms with Crippen LogP contribution in [-0.2, 0) is 32.7 Å². The van der Waals surface area contributed by atoms with Crippen LogP contribution in [0.15, 0.2) is 18.5 Å². The van der Waals surface area contributed by atoms with Gasteiger partial charge in [-0.25, -0.2) is 0 Å². The van der Waals surface area contributed by atoms with Crippen LogP contribution < -0.4 is 5.73 Å². The Balaban J connectivity index is 0.000000810. The summed E-state index contributed by atoms with van der Waals surface area (Å²) in [6.45, 7) is 0. The van der Waals surface area contributed by atoms with E-state index in [1.54, 1.807) is 18.5 Å². The first-order chi connectivity index (χ1) is 4.30. The van der Waals surface area contributed by atoms with Gasteiger partial charge in [-0.3, -0.25) is 0 Å². The number of thiocarbonyl (C=S) groups is 1. The second-order valence-electron chi connectivity index (χ2n) is 1.52. The van der Waals surface area contributed by atoms with Crippen LogP contribution in [0.2, 0.25) is 0 Å². The molecule has 10 heavy (non-hydrogen) atoms. The summed E-state index contributed by atoms with van der Waals surface area (Å²) < 4.78 is 0. The molecule has 0 amide bonds. The van der Waals surface area contributed by atoms with Crippen molar-refractivity contribution < 1.29 is 32.7 Å². The van der Waals surface area contributed by atoms with E-state index in [0.717, 1.165) is 0 Å². The molecule has 0 atom stereocenters. The molecule has 0 saturated carbocycles. The maximum atomic E-state index is 5.27. The topological polar surface area (TPSA) is 38.9 Å². The first-order valence-corrected chi connectivity index (χ1v) is 2.83. The van der Waals surface area contributed by atoms with Crippen LogP contribution in [0.3, 0.4) is 0 Å². The molecule has 0 aromatic carbocycles. The molecule has 0 saturated heterocycles. The van der Waals surface area contributed by atoms with E-state index >= 15 is 0 Å². The third-order valence-corrected chi connectivity index (χ3v) is 1.09. The average Bonchev–Trinajstić information content (AvgIpc) is 1.90. The summed E-state index contributed by atoms with van der Waals surface area (Å²) in [5, 5.41) is 0. The molecule has 0 fully saturated rings. The summed E-state index contributed by atoms with van der Waals surface area (Å²) >= 11 is 4.67. The Morgan fingerprint density at radius 2 is 2.40 bits per heavy atom. The fraction of sp³-hybridized carbons (Fsp3) is 0. The minimum Gasteiger partial charge on any atom is -0.427 e. The summed E-state index contributed by atoms with van der Waals surface area (Å²) in [6, 6.07) is 4.51. The number of hydrogen-bond acceptors (Lipinski definition) is 2. The number of hydrogen-bond donors (Lipinski definition) is 1. The summed E-state index contributed by atoms with van der Waals surface area (Å²) in [5.41, 5.74) is 5.96. The average molecular weight is 226 g/mol. The van der Waals surface area contributed by atoms with Crippen molar-refractivity contribution in [1.82, 2.24) is 4.98 Å². The SMILES string of the molecule is NC(=S)c1[c-]ccnc1.[Y]. The zero-order valence-electron chi connectivity index (χ0n) is 5.24. The van der Waals surface area contributed by atoms with Crippen molar-refractivity contribution >= 4 is 17.2 Å². The third-order valence-electron chi connectivity index (χ3n) is 0.869. The van der Waals surface area contributed by atoms with Gasteiger partial charge >= 0.3 is 0 Å². The van der Waals surface area contributed by atoms with Gasteiger partial charge < -0.3 is 10.7 Å². The molecule has 4 heteroatoms. The first-order valence-electron chi connectivity index (χ1n) is 2.42. The maximum Gasteiger partial charge on any atom is 0.0217 e. The first kappa shape index (κ1) is 10.1. The van der Waals surface area contributed by atoms with Gasteiger partial charge in [-0.05, 0) is 0 Å². The van der Waals surface area contributed by atoms with Gasteiger partial charge in [-0.15, -0.1) is 24.4 Å². The molecule has 0 bridgehead atoms. The molecule has 1 heterocycles. The van der Waals surface area contributed by atoms with E-state index in [4.69, 9.17) is 5.73 Å². The zero-order chi connectivity index (χ0) is 6.69. The molecule has 0 aliphatic heterocycles. The minimum atomic E-state index is 0. The fourth-order valence-corrected chi connectivity index (χ4v) is 0.571. The summed E-state index contributed by atoms with van der Waals surface area (Å²) in [7, 11) is 0. The molecule has 0 aliphatic carbocycles. The molecule has 49 valence electrons. The van der Waals surface area contributed by atoms with E-state index in [9.17, 15) is 0 Å². The van der Waals surface area contributed by atoms with Crippen LogP contribution in [0.5, 0.6) is 0 Å². The van der Waals surface area contributed by atoms with Crippen molar-refractivity contribution in [2.45, 2.75) is 0 Å². The number of nitrogens with zero attached hydrogens (tertiary/aromatic N) is 1. The van der Waals surface area contributed by atoms with Crippen molar-refractivity contribution in [2.75, 3.05) is 0 Å². The smallest absolute Gasteiger partial charge is 0.0217 e. The van der Waals surface area contributed by atoms with Crippen LogP contribution in [-0.4, -0.2) is 9.97 Å². The Bertz CT molecular complexity index is 212. The van der Waals surface area contributed by atoms with Gasteiger partial charge in [0, 0.05) is 37.7 Å². The standard InChI is InChI=1S/C6H5N2S.Y/c7-6(9)5-2-1-3-8-4-5;/h1,3-4H,(H2,7,9);/q-1;. The quantitative estimate of drug-likeness (QED) is 0.560. The van der Waals surface area contributed by atoms with Gasteiger partial charge in [0.1, 0.15) is 0 Å². The van der Waals surface area contributed by atoms with Crippen molar-refractivity contribution in [2.24, 2.45) is 5.73 Å². The number of rotatable bonds is 1. The molecule has 1 aromatic heterocycles. The molecule has 0 aliphatic rings. The molecule has 1 aromatic rings. The van der Waals surface area contributed by atoms with Gasteiger partial charge in [0.05, 0.1) is 0 Å². The van der Waals surface area contributed by atoms with Crippen LogP contribution >= 0.6 is 12.2 Å². The molecule has 0 unspecified atom stereocenters. The largest absolute Gasteiger partial charge is 0.427 e. The summed E-state index contributed by atoms with van der Waals surface area (Å²) in [4.78, 5) is 4.14. The molecule has 2 nitrogen and oxygen atoms in total. The van der Waals surface area contributed by atoms with E-state index in [2.05, 4.69) is 23.3 Å². The Kier molecular flexibility index (Phi) is 4.95. The number of nitrogens with two attached hydrogens (primary N) is 1. The van der Waals surface area contributed by atoms with Crippen LogP contribution in [0.1, 0.15) is 5.56 Å². The Morgan fingerprint density at radius 1 is 1.70 bits per heavy atom. The molecule has 1 rings (SSSR count). The molecule has 2 N–H and O–H groups in total. The summed E-state index contributed by atoms with van der Waals surface area (Å²) in [5.74, 6) is 0. The van der Waals surface area contributed by atoms with E-state index in [1.165, 1.54) is 0 Å². The molecule has 1 radical (unpaired) electrons. The van der Waals surface area contributed by atoms with Gasteiger partial charge in [-0.2, -0.15) is 0 Å². The Labute approximate surface area is 90.1 Å². The van der Waals surface area contributed by atoms with Gasteiger partial charge in [0.2, 0.25) is 0 Å². The fourth-order valence-electron chi connectivity index (χ4n) is 0.460. The minimum absolute atomic E-state index is 0. The molecular formula is C6H5N2SY-. The van der Waals surface area contributed by atoms with Gasteiger partial charge in [0.25, 0.3) is 0 Å². The second-order valence-corrected chi connectivity index (χ2v) is 1.96. The van der Waals surface area contributed by atoms with Crippen molar-refractivity contribution in [3.63, 3.8) is 0 Å². The third kappa shape index (κ3) is 2.82. The molecular weight excluding hydrogens is 221 g/mol. The normalized spacial score (nSPS) is 8.00. The van der Waals surface area contributed by atoms with Gasteiger partial charge in [-0.1, -0.05) is 18.0 Å². The van der Waals surface area contributed by atoms with Crippen LogP contribution in [0.4, 0.5) is 0 Å². The van der Waals surface area contributed by atoms with E-state index in [0.29, 0.717) is 10.6 Å². The zero-order valence-corrected chi connectivity index (χ0v) is 8.90. The van der Waals surface area contributed by atoms with Crippen molar-refractivity contribution in [1.29, 1.82) is 0 Å². The van der Waals surface area contributed by atoms with Crippen molar-refractivity contribution in [3.8, 4) is 0 Å². The maximum absolute atomic E-state index is 5.27. The van der Waals surface area contributed by atoms with Gasteiger partial charge in [0.15, 0.2) is 0 Å². The monoisotopic (exact) mass is 226 g/mol. The van der Waals surface area contributed by atoms with Crippen LogP contribution in [0, 0.1) is 6.07 Å². The van der Waals surface area contributed by atoms with E-state index < -0.39 is 0 Å².